The molecule has 5 nitrogen and oxygen atoms in total. The summed E-state index contributed by atoms with van der Waals surface area (Å²) in [6.45, 7) is 2.95. The largest absolute Gasteiger partial charge is 0.478 e. The molecule has 0 atom stereocenters. The number of nitrogens with zero attached hydrogens (tertiary/aromatic N) is 2. The molecule has 0 unspecified atom stereocenters. The van der Waals surface area contributed by atoms with Gasteiger partial charge in [0.05, 0.1) is 10.6 Å². The van der Waals surface area contributed by atoms with E-state index in [1.54, 1.807) is 30.1 Å². The van der Waals surface area contributed by atoms with Crippen molar-refractivity contribution in [1.82, 2.24) is 4.90 Å². The van der Waals surface area contributed by atoms with Crippen LogP contribution >= 0.6 is 11.3 Å². The molecule has 0 aromatic carbocycles. The molecule has 1 N–H and O–H groups in total. The lowest BCUT2D eigenvalue weighted by Gasteiger charge is -2.19. The first kappa shape index (κ1) is 17.7. The van der Waals surface area contributed by atoms with Crippen LogP contribution in [0.2, 0.25) is 0 Å². The van der Waals surface area contributed by atoms with Gasteiger partial charge in [0.1, 0.15) is 0 Å². The SMILES string of the molecule is C\C=C(/C=C\C=C\N(C)CCN(C=O)c1cccs1)C(=O)O. The molecule has 6 heteroatoms. The van der Waals surface area contributed by atoms with Gasteiger partial charge in [-0.1, -0.05) is 12.2 Å². The normalized spacial score (nSPS) is 12.0. The summed E-state index contributed by atoms with van der Waals surface area (Å²) in [4.78, 5) is 25.5. The monoisotopic (exact) mass is 320 g/mol. The predicted octanol–water partition coefficient (Wildman–Crippen LogP) is 2.74. The number of thiophene rings is 1. The maximum Gasteiger partial charge on any atom is 0.335 e. The van der Waals surface area contributed by atoms with Crippen molar-refractivity contribution in [2.75, 3.05) is 25.0 Å². The lowest BCUT2D eigenvalue weighted by Crippen LogP contribution is -2.29. The molecule has 1 heterocycles. The second kappa shape index (κ2) is 9.57. The van der Waals surface area contributed by atoms with Crippen LogP contribution in [0.3, 0.4) is 0 Å². The average molecular weight is 320 g/mol. The number of carboxylic acid groups (broad SMARTS) is 1. The molecule has 1 aromatic rings. The molecule has 22 heavy (non-hydrogen) atoms. The first-order valence-electron chi connectivity index (χ1n) is 6.78. The maximum atomic E-state index is 11.1. The number of anilines is 1. The lowest BCUT2D eigenvalue weighted by atomic mass is 10.2. The van der Waals surface area contributed by atoms with Gasteiger partial charge < -0.3 is 14.9 Å². The van der Waals surface area contributed by atoms with Crippen molar-refractivity contribution in [3.63, 3.8) is 0 Å². The van der Waals surface area contributed by atoms with Gasteiger partial charge in [-0.2, -0.15) is 0 Å². The Bertz CT molecular complexity index is 562. The average Bonchev–Trinajstić information content (AvgIpc) is 3.01. The van der Waals surface area contributed by atoms with E-state index in [-0.39, 0.29) is 5.57 Å². The highest BCUT2D eigenvalue weighted by Crippen LogP contribution is 2.19. The van der Waals surface area contributed by atoms with Crippen LogP contribution in [0.5, 0.6) is 0 Å². The van der Waals surface area contributed by atoms with E-state index in [4.69, 9.17) is 5.11 Å². The summed E-state index contributed by atoms with van der Waals surface area (Å²) in [5.41, 5.74) is 0.247. The number of carboxylic acids is 1. The van der Waals surface area contributed by atoms with Crippen molar-refractivity contribution < 1.29 is 14.7 Å². The Labute approximate surface area is 134 Å². The Morgan fingerprint density at radius 3 is 2.68 bits per heavy atom. The number of hydrogen-bond donors (Lipinski definition) is 1. The summed E-state index contributed by atoms with van der Waals surface area (Å²) in [7, 11) is 1.90. The van der Waals surface area contributed by atoms with Gasteiger partial charge in [-0.05, 0) is 42.8 Å². The number of rotatable bonds is 9. The molecule has 0 saturated carbocycles. The number of amides is 1. The molecule has 1 amide bonds. The Morgan fingerprint density at radius 2 is 2.14 bits per heavy atom. The number of likely N-dealkylation sites (N-methyl/N-ethyl adjacent to an activating group) is 1. The fourth-order valence-electron chi connectivity index (χ4n) is 1.63. The summed E-state index contributed by atoms with van der Waals surface area (Å²) in [5, 5.41) is 11.7. The molecular weight excluding hydrogens is 300 g/mol. The smallest absolute Gasteiger partial charge is 0.335 e. The van der Waals surface area contributed by atoms with Crippen molar-refractivity contribution in [3.05, 3.63) is 53.6 Å². The van der Waals surface area contributed by atoms with E-state index in [0.29, 0.717) is 13.1 Å². The van der Waals surface area contributed by atoms with Gasteiger partial charge in [-0.3, -0.25) is 4.79 Å². The summed E-state index contributed by atoms with van der Waals surface area (Å²) in [6, 6.07) is 3.81. The fourth-order valence-corrected chi connectivity index (χ4v) is 2.36. The maximum absolute atomic E-state index is 11.1. The molecular formula is C16H20N2O3S. The van der Waals surface area contributed by atoms with E-state index in [0.717, 1.165) is 11.4 Å². The standard InChI is InChI=1S/C16H20N2O3S/c1-3-14(16(20)21)7-4-5-9-17(2)10-11-18(13-19)15-8-6-12-22-15/h3-9,12-13H,10-11H2,1-2H3,(H,20,21)/b7-4-,9-5+,14-3+. The molecule has 0 bridgehead atoms. The Balaban J connectivity index is 2.44. The van der Waals surface area contributed by atoms with E-state index >= 15 is 0 Å². The zero-order valence-corrected chi connectivity index (χ0v) is 13.5. The molecule has 0 spiro atoms. The third-order valence-corrected chi connectivity index (χ3v) is 3.80. The molecule has 0 aliphatic carbocycles. The summed E-state index contributed by atoms with van der Waals surface area (Å²) < 4.78 is 0. The first-order chi connectivity index (χ1) is 10.6. The quantitative estimate of drug-likeness (QED) is 0.432. The van der Waals surface area contributed by atoms with Gasteiger partial charge in [-0.25, -0.2) is 4.79 Å². The highest BCUT2D eigenvalue weighted by molar-refractivity contribution is 7.14. The van der Waals surface area contributed by atoms with Crippen molar-refractivity contribution in [1.29, 1.82) is 0 Å². The minimum Gasteiger partial charge on any atom is -0.478 e. The van der Waals surface area contributed by atoms with Crippen LogP contribution in [0.25, 0.3) is 0 Å². The van der Waals surface area contributed by atoms with E-state index < -0.39 is 5.97 Å². The van der Waals surface area contributed by atoms with Crippen molar-refractivity contribution >= 4 is 28.7 Å². The van der Waals surface area contributed by atoms with Crippen molar-refractivity contribution in [2.45, 2.75) is 6.92 Å². The van der Waals surface area contributed by atoms with Crippen molar-refractivity contribution in [3.8, 4) is 0 Å². The summed E-state index contributed by atoms with van der Waals surface area (Å²) in [6.07, 6.45) is 9.19. The van der Waals surface area contributed by atoms with Gasteiger partial charge in [0.25, 0.3) is 0 Å². The zero-order valence-electron chi connectivity index (χ0n) is 12.7. The highest BCUT2D eigenvalue weighted by Gasteiger charge is 2.05. The molecule has 0 fully saturated rings. The molecule has 0 radical (unpaired) electrons. The Kier molecular flexibility index (Phi) is 7.70. The highest BCUT2D eigenvalue weighted by atomic mass is 32.1. The third-order valence-electron chi connectivity index (χ3n) is 2.90. The minimum absolute atomic E-state index is 0.247. The zero-order chi connectivity index (χ0) is 16.4. The molecule has 0 saturated heterocycles. The van der Waals surface area contributed by atoms with Crippen LogP contribution in [0.4, 0.5) is 5.00 Å². The lowest BCUT2D eigenvalue weighted by molar-refractivity contribution is -0.132. The van der Waals surface area contributed by atoms with Crippen LogP contribution in [0, 0.1) is 0 Å². The van der Waals surface area contributed by atoms with E-state index in [9.17, 15) is 9.59 Å². The summed E-state index contributed by atoms with van der Waals surface area (Å²) >= 11 is 1.52. The van der Waals surface area contributed by atoms with E-state index in [2.05, 4.69) is 0 Å². The molecule has 0 aliphatic heterocycles. The number of hydrogen-bond acceptors (Lipinski definition) is 4. The number of carbonyl (C=O) groups excluding carboxylic acids is 1. The van der Waals surface area contributed by atoms with Gasteiger partial charge in [0.15, 0.2) is 0 Å². The second-order valence-electron chi connectivity index (χ2n) is 4.48. The van der Waals surface area contributed by atoms with E-state index in [1.807, 2.05) is 35.7 Å². The first-order valence-corrected chi connectivity index (χ1v) is 7.66. The number of aliphatic carboxylic acids is 1. The van der Waals surface area contributed by atoms with Crippen LogP contribution in [-0.4, -0.2) is 42.5 Å². The second-order valence-corrected chi connectivity index (χ2v) is 5.41. The van der Waals surface area contributed by atoms with Gasteiger partial charge >= 0.3 is 5.97 Å². The topological polar surface area (TPSA) is 60.9 Å². The fraction of sp³-hybridized carbons (Fsp3) is 0.250. The van der Waals surface area contributed by atoms with Crippen LogP contribution in [-0.2, 0) is 9.59 Å². The van der Waals surface area contributed by atoms with Crippen LogP contribution < -0.4 is 4.90 Å². The van der Waals surface area contributed by atoms with Gasteiger partial charge in [0, 0.05) is 20.1 Å². The van der Waals surface area contributed by atoms with Gasteiger partial charge in [0.2, 0.25) is 6.41 Å². The van der Waals surface area contributed by atoms with E-state index in [1.165, 1.54) is 17.4 Å². The predicted molar refractivity (Wildman–Crippen MR) is 90.0 cm³/mol. The number of allylic oxidation sites excluding steroid dienone is 3. The summed E-state index contributed by atoms with van der Waals surface area (Å²) in [5.74, 6) is -0.946. The third kappa shape index (κ3) is 5.97. The van der Waals surface area contributed by atoms with Crippen LogP contribution in [0.1, 0.15) is 6.92 Å². The molecule has 0 aliphatic rings. The van der Waals surface area contributed by atoms with Crippen molar-refractivity contribution in [2.24, 2.45) is 0 Å². The van der Waals surface area contributed by atoms with Crippen LogP contribution in [0.15, 0.2) is 53.6 Å². The molecule has 1 rings (SSSR count). The Hall–Kier alpha value is -2.34. The minimum atomic E-state index is -0.946. The van der Waals surface area contributed by atoms with Gasteiger partial charge in [-0.15, -0.1) is 11.3 Å². The molecule has 118 valence electrons. The Morgan fingerprint density at radius 1 is 1.36 bits per heavy atom. The number of carbonyl (C=O) groups is 2. The molecule has 1 aromatic heterocycles.